The molecular weight excluding hydrogens is 318 g/mol. The lowest BCUT2D eigenvalue weighted by molar-refractivity contribution is 0.509. The van der Waals surface area contributed by atoms with E-state index in [4.69, 9.17) is 0 Å². The summed E-state index contributed by atoms with van der Waals surface area (Å²) in [5, 5.41) is 8.12. The van der Waals surface area contributed by atoms with Crippen molar-refractivity contribution in [1.29, 1.82) is 0 Å². The maximum Gasteiger partial charge on any atom is 0.259 e. The molecule has 1 atom stereocenters. The van der Waals surface area contributed by atoms with Crippen LogP contribution in [0.1, 0.15) is 29.6 Å². The zero-order chi connectivity index (χ0) is 15.1. The van der Waals surface area contributed by atoms with Gasteiger partial charge in [0, 0.05) is 4.88 Å². The molecule has 6 nitrogen and oxygen atoms in total. The maximum absolute atomic E-state index is 12.4. The average Bonchev–Trinajstić information content (AvgIpc) is 3.11. The summed E-state index contributed by atoms with van der Waals surface area (Å²) >= 11 is 3.15. The van der Waals surface area contributed by atoms with Crippen molar-refractivity contribution in [3.63, 3.8) is 0 Å². The lowest BCUT2D eigenvalue weighted by atomic mass is 9.89. The summed E-state index contributed by atoms with van der Waals surface area (Å²) in [6.45, 7) is 2.27. The molecule has 0 bridgehead atoms. The molecule has 2 N–H and O–H groups in total. The summed E-state index contributed by atoms with van der Waals surface area (Å²) in [5.41, 5.74) is 1.21. The van der Waals surface area contributed by atoms with Crippen LogP contribution in [0, 0.1) is 5.92 Å². The van der Waals surface area contributed by atoms with E-state index >= 15 is 0 Å². The summed E-state index contributed by atoms with van der Waals surface area (Å²) in [5.74, 6) is 1.95. The predicted octanol–water partition coefficient (Wildman–Crippen LogP) is 2.52. The minimum Gasteiger partial charge on any atom is -0.309 e. The number of H-pyrrole nitrogens is 2. The van der Waals surface area contributed by atoms with Crippen LogP contribution in [0.5, 0.6) is 0 Å². The molecule has 0 aromatic carbocycles. The average molecular weight is 333 g/mol. The molecule has 0 spiro atoms. The molecule has 3 heterocycles. The standard InChI is InChI=1S/C14H15N5OS2/c1-7-2-3-8-9(4-7)22-13-11(8)12(20)17-10(18-13)5-21-14-15-6-16-19-14/h6-7H,2-5H2,1H3,(H,15,16,19)(H,17,18,20)/t7-/m1/s1. The third kappa shape index (κ3) is 2.46. The minimum absolute atomic E-state index is 0.00905. The van der Waals surface area contributed by atoms with Crippen molar-refractivity contribution in [2.75, 3.05) is 0 Å². The van der Waals surface area contributed by atoms with Crippen LogP contribution in [0.4, 0.5) is 0 Å². The first-order chi connectivity index (χ1) is 10.7. The highest BCUT2D eigenvalue weighted by Crippen LogP contribution is 2.35. The fourth-order valence-corrected chi connectivity index (χ4v) is 4.91. The Bertz CT molecular complexity index is 867. The quantitative estimate of drug-likeness (QED) is 0.719. The second kappa shape index (κ2) is 5.51. The molecule has 0 amide bonds. The second-order valence-corrected chi connectivity index (χ2v) is 7.67. The highest BCUT2D eigenvalue weighted by atomic mass is 32.2. The number of aryl methyl sites for hydroxylation is 1. The largest absolute Gasteiger partial charge is 0.309 e. The molecule has 3 aromatic heterocycles. The van der Waals surface area contributed by atoms with Gasteiger partial charge in [0.1, 0.15) is 17.0 Å². The van der Waals surface area contributed by atoms with Gasteiger partial charge in [-0.15, -0.1) is 11.3 Å². The molecule has 0 fully saturated rings. The van der Waals surface area contributed by atoms with E-state index in [2.05, 4.69) is 32.1 Å². The van der Waals surface area contributed by atoms with Crippen LogP contribution in [0.25, 0.3) is 10.2 Å². The van der Waals surface area contributed by atoms with Crippen molar-refractivity contribution in [2.24, 2.45) is 5.92 Å². The van der Waals surface area contributed by atoms with Crippen LogP contribution in [-0.2, 0) is 18.6 Å². The van der Waals surface area contributed by atoms with Crippen LogP contribution in [-0.4, -0.2) is 25.1 Å². The molecule has 0 unspecified atom stereocenters. The number of nitrogens with one attached hydrogen (secondary N) is 2. The molecule has 4 rings (SSSR count). The summed E-state index contributed by atoms with van der Waals surface area (Å²) in [7, 11) is 0. The van der Waals surface area contributed by atoms with E-state index in [-0.39, 0.29) is 5.56 Å². The van der Waals surface area contributed by atoms with E-state index < -0.39 is 0 Å². The Morgan fingerprint density at radius 1 is 1.50 bits per heavy atom. The van der Waals surface area contributed by atoms with Crippen molar-refractivity contribution in [1.82, 2.24) is 25.1 Å². The number of aromatic nitrogens is 5. The Labute approximate surface area is 134 Å². The van der Waals surface area contributed by atoms with Crippen LogP contribution >= 0.6 is 23.1 Å². The highest BCUT2D eigenvalue weighted by molar-refractivity contribution is 7.98. The monoisotopic (exact) mass is 333 g/mol. The van der Waals surface area contributed by atoms with E-state index in [1.54, 1.807) is 11.3 Å². The Kier molecular flexibility index (Phi) is 3.50. The van der Waals surface area contributed by atoms with Gasteiger partial charge in [-0.1, -0.05) is 18.7 Å². The van der Waals surface area contributed by atoms with Crippen molar-refractivity contribution in [2.45, 2.75) is 37.1 Å². The molecule has 0 aliphatic heterocycles. The molecule has 114 valence electrons. The van der Waals surface area contributed by atoms with Gasteiger partial charge in [-0.2, -0.15) is 5.10 Å². The van der Waals surface area contributed by atoms with Crippen LogP contribution in [0.15, 0.2) is 16.3 Å². The summed E-state index contributed by atoms with van der Waals surface area (Å²) in [6.07, 6.45) is 4.68. The third-order valence-corrected chi connectivity index (χ3v) is 5.99. The third-order valence-electron chi connectivity index (χ3n) is 3.95. The van der Waals surface area contributed by atoms with E-state index in [9.17, 15) is 4.79 Å². The van der Waals surface area contributed by atoms with Gasteiger partial charge in [-0.05, 0) is 30.7 Å². The molecule has 1 aliphatic carbocycles. The molecule has 0 radical (unpaired) electrons. The maximum atomic E-state index is 12.4. The van der Waals surface area contributed by atoms with Crippen LogP contribution in [0.2, 0.25) is 0 Å². The van der Waals surface area contributed by atoms with Crippen molar-refractivity contribution in [3.05, 3.63) is 32.9 Å². The van der Waals surface area contributed by atoms with E-state index in [0.29, 0.717) is 17.5 Å². The number of rotatable bonds is 3. The Balaban J connectivity index is 1.69. The lowest BCUT2D eigenvalue weighted by Gasteiger charge is -2.17. The van der Waals surface area contributed by atoms with Crippen molar-refractivity contribution < 1.29 is 0 Å². The number of aromatic amines is 2. The Hall–Kier alpha value is -1.67. The fourth-order valence-electron chi connectivity index (χ4n) is 2.86. The number of thiophene rings is 1. The van der Waals surface area contributed by atoms with Gasteiger partial charge < -0.3 is 4.98 Å². The van der Waals surface area contributed by atoms with Gasteiger partial charge in [-0.3, -0.25) is 9.89 Å². The van der Waals surface area contributed by atoms with E-state index in [1.165, 1.54) is 28.5 Å². The number of nitrogens with zero attached hydrogens (tertiary/aromatic N) is 3. The molecule has 0 saturated carbocycles. The first kappa shape index (κ1) is 14.0. The van der Waals surface area contributed by atoms with Crippen molar-refractivity contribution in [3.8, 4) is 0 Å². The number of hydrogen-bond acceptors (Lipinski definition) is 6. The van der Waals surface area contributed by atoms with Crippen molar-refractivity contribution >= 4 is 33.3 Å². The van der Waals surface area contributed by atoms with E-state index in [0.717, 1.165) is 34.6 Å². The van der Waals surface area contributed by atoms with Crippen LogP contribution in [0.3, 0.4) is 0 Å². The van der Waals surface area contributed by atoms with Gasteiger partial charge in [0.2, 0.25) is 0 Å². The number of thioether (sulfide) groups is 1. The normalized spacial score (nSPS) is 17.8. The first-order valence-corrected chi connectivity index (χ1v) is 9.02. The molecule has 22 heavy (non-hydrogen) atoms. The van der Waals surface area contributed by atoms with E-state index in [1.807, 2.05) is 0 Å². The zero-order valence-corrected chi connectivity index (χ0v) is 13.7. The van der Waals surface area contributed by atoms with Gasteiger partial charge >= 0.3 is 0 Å². The smallest absolute Gasteiger partial charge is 0.259 e. The molecular formula is C14H15N5OS2. The fraction of sp³-hybridized carbons (Fsp3) is 0.429. The number of hydrogen-bond donors (Lipinski definition) is 2. The molecule has 0 saturated heterocycles. The van der Waals surface area contributed by atoms with Gasteiger partial charge in [0.25, 0.3) is 5.56 Å². The summed E-state index contributed by atoms with van der Waals surface area (Å²) < 4.78 is 0. The zero-order valence-electron chi connectivity index (χ0n) is 12.0. The van der Waals surface area contributed by atoms with Crippen LogP contribution < -0.4 is 5.56 Å². The molecule has 3 aromatic rings. The topological polar surface area (TPSA) is 87.3 Å². The SMILES string of the molecule is C[C@@H]1CCc2c(sc3nc(CSc4ncn[nH]4)[nH]c(=O)c23)C1. The molecule has 1 aliphatic rings. The van der Waals surface area contributed by atoms with Gasteiger partial charge in [0.05, 0.1) is 11.1 Å². The first-order valence-electron chi connectivity index (χ1n) is 7.22. The summed E-state index contributed by atoms with van der Waals surface area (Å²) in [4.78, 5) is 26.3. The van der Waals surface area contributed by atoms with Gasteiger partial charge in [-0.25, -0.2) is 9.97 Å². The second-order valence-electron chi connectivity index (χ2n) is 5.62. The molecule has 8 heteroatoms. The Morgan fingerprint density at radius 2 is 2.41 bits per heavy atom. The Morgan fingerprint density at radius 3 is 3.23 bits per heavy atom. The minimum atomic E-state index is -0.00905. The predicted molar refractivity (Wildman–Crippen MR) is 87.4 cm³/mol. The highest BCUT2D eigenvalue weighted by Gasteiger charge is 2.22. The van der Waals surface area contributed by atoms with Gasteiger partial charge in [0.15, 0.2) is 5.16 Å². The summed E-state index contributed by atoms with van der Waals surface area (Å²) in [6, 6.07) is 0. The number of fused-ring (bicyclic) bond motifs is 3. The lowest BCUT2D eigenvalue weighted by Crippen LogP contribution is -2.14.